The summed E-state index contributed by atoms with van der Waals surface area (Å²) >= 11 is 0. The van der Waals surface area contributed by atoms with Gasteiger partial charge >= 0.3 is 0 Å². The molecule has 0 aromatic rings. The van der Waals surface area contributed by atoms with E-state index in [0.29, 0.717) is 26.1 Å². The number of hydrogen-bond donors (Lipinski definition) is 2. The molecule has 0 saturated carbocycles. The fourth-order valence-corrected chi connectivity index (χ4v) is 1.16. The Morgan fingerprint density at radius 1 is 1.57 bits per heavy atom. The molecule has 0 aromatic heterocycles. The third kappa shape index (κ3) is 5.16. The van der Waals surface area contributed by atoms with Crippen molar-refractivity contribution in [1.29, 1.82) is 0 Å². The number of hydrogen-bond acceptors (Lipinski definition) is 4. The van der Waals surface area contributed by atoms with Crippen LogP contribution in [-0.2, 0) is 9.53 Å². The van der Waals surface area contributed by atoms with Gasteiger partial charge in [-0.15, -0.1) is 0 Å². The smallest absolute Gasteiger partial charge is 0.234 e. The molecule has 1 unspecified atom stereocenters. The van der Waals surface area contributed by atoms with Gasteiger partial charge < -0.3 is 15.6 Å². The Bertz CT molecular complexity index is 156. The molecule has 0 heterocycles. The minimum absolute atomic E-state index is 0.120. The summed E-state index contributed by atoms with van der Waals surface area (Å²) in [6.07, 6.45) is 0.640. The number of ether oxygens (including phenoxy) is 1. The summed E-state index contributed by atoms with van der Waals surface area (Å²) in [5, 5.41) is 8.69. The number of aliphatic hydroxyl groups is 1. The van der Waals surface area contributed by atoms with E-state index in [2.05, 4.69) is 0 Å². The molecular formula is C9H20N2O3. The van der Waals surface area contributed by atoms with Gasteiger partial charge in [0.05, 0.1) is 12.6 Å². The van der Waals surface area contributed by atoms with Crippen LogP contribution in [0, 0.1) is 0 Å². The van der Waals surface area contributed by atoms with Gasteiger partial charge in [0.25, 0.3) is 0 Å². The van der Waals surface area contributed by atoms with Gasteiger partial charge in [0.15, 0.2) is 0 Å². The lowest BCUT2D eigenvalue weighted by atomic mass is 10.2. The fourth-order valence-electron chi connectivity index (χ4n) is 1.16. The predicted molar refractivity (Wildman–Crippen MR) is 53.8 cm³/mol. The highest BCUT2D eigenvalue weighted by Crippen LogP contribution is 1.99. The van der Waals surface area contributed by atoms with Crippen molar-refractivity contribution in [3.63, 3.8) is 0 Å². The number of nitrogens with zero attached hydrogens (tertiary/aromatic N) is 1. The standard InChI is InChI=1S/C9H20N2O3/c1-8(9(10)13)11(4-3-6-12)5-7-14-2/h8,12H,3-7H2,1-2H3,(H2,10,13). The molecule has 0 bridgehead atoms. The highest BCUT2D eigenvalue weighted by atomic mass is 16.5. The van der Waals surface area contributed by atoms with Gasteiger partial charge in [0.1, 0.15) is 0 Å². The number of amides is 1. The monoisotopic (exact) mass is 204 g/mol. The van der Waals surface area contributed by atoms with Crippen molar-refractivity contribution in [3.05, 3.63) is 0 Å². The van der Waals surface area contributed by atoms with Crippen LogP contribution in [0.15, 0.2) is 0 Å². The first kappa shape index (κ1) is 13.4. The van der Waals surface area contributed by atoms with E-state index in [9.17, 15) is 4.79 Å². The molecule has 0 radical (unpaired) electrons. The molecule has 0 aliphatic rings. The van der Waals surface area contributed by atoms with Crippen molar-refractivity contribution < 1.29 is 14.6 Å². The Balaban J connectivity index is 4.01. The van der Waals surface area contributed by atoms with Crippen LogP contribution in [-0.4, -0.2) is 55.4 Å². The van der Waals surface area contributed by atoms with Gasteiger partial charge in [-0.05, 0) is 13.3 Å². The van der Waals surface area contributed by atoms with Gasteiger partial charge in [-0.25, -0.2) is 0 Å². The predicted octanol–water partition coefficient (Wildman–Crippen LogP) is -0.809. The van der Waals surface area contributed by atoms with E-state index in [1.165, 1.54) is 0 Å². The zero-order chi connectivity index (χ0) is 11.0. The summed E-state index contributed by atoms with van der Waals surface area (Å²) in [6.45, 7) is 3.75. The van der Waals surface area contributed by atoms with Gasteiger partial charge in [-0.1, -0.05) is 0 Å². The van der Waals surface area contributed by atoms with Crippen LogP contribution in [0.4, 0.5) is 0 Å². The zero-order valence-corrected chi connectivity index (χ0v) is 8.90. The Morgan fingerprint density at radius 2 is 2.21 bits per heavy atom. The Labute approximate surface area is 84.8 Å². The van der Waals surface area contributed by atoms with E-state index in [-0.39, 0.29) is 18.6 Å². The highest BCUT2D eigenvalue weighted by Gasteiger charge is 2.17. The largest absolute Gasteiger partial charge is 0.396 e. The van der Waals surface area contributed by atoms with E-state index in [0.717, 1.165) is 0 Å². The summed E-state index contributed by atoms with van der Waals surface area (Å²) in [6, 6.07) is -0.309. The van der Waals surface area contributed by atoms with E-state index >= 15 is 0 Å². The van der Waals surface area contributed by atoms with E-state index in [4.69, 9.17) is 15.6 Å². The van der Waals surface area contributed by atoms with Gasteiger partial charge in [-0.2, -0.15) is 0 Å². The molecule has 0 aromatic carbocycles. The van der Waals surface area contributed by atoms with E-state index in [1.54, 1.807) is 14.0 Å². The van der Waals surface area contributed by atoms with Crippen LogP contribution in [0.1, 0.15) is 13.3 Å². The molecule has 0 saturated heterocycles. The summed E-state index contributed by atoms with van der Waals surface area (Å²) in [7, 11) is 1.61. The number of methoxy groups -OCH3 is 1. The first-order valence-electron chi connectivity index (χ1n) is 4.76. The van der Waals surface area contributed by atoms with Crippen LogP contribution >= 0.6 is 0 Å². The number of nitrogens with two attached hydrogens (primary N) is 1. The SMILES string of the molecule is COCCN(CCCO)C(C)C(N)=O. The Morgan fingerprint density at radius 3 is 2.64 bits per heavy atom. The van der Waals surface area contributed by atoms with Crippen molar-refractivity contribution >= 4 is 5.91 Å². The summed E-state index contributed by atoms with van der Waals surface area (Å²) in [5.41, 5.74) is 5.20. The van der Waals surface area contributed by atoms with E-state index < -0.39 is 0 Å². The number of carbonyl (C=O) groups is 1. The van der Waals surface area contributed by atoms with Crippen molar-refractivity contribution in [3.8, 4) is 0 Å². The second kappa shape index (κ2) is 7.73. The average Bonchev–Trinajstić information content (AvgIpc) is 2.17. The first-order valence-corrected chi connectivity index (χ1v) is 4.76. The molecule has 84 valence electrons. The van der Waals surface area contributed by atoms with Crippen molar-refractivity contribution in [2.75, 3.05) is 33.4 Å². The van der Waals surface area contributed by atoms with E-state index in [1.807, 2.05) is 4.90 Å². The number of primary amides is 1. The molecule has 0 aliphatic heterocycles. The lowest BCUT2D eigenvalue weighted by molar-refractivity contribution is -0.123. The quantitative estimate of drug-likeness (QED) is 0.542. The van der Waals surface area contributed by atoms with Crippen LogP contribution in [0.3, 0.4) is 0 Å². The van der Waals surface area contributed by atoms with Crippen LogP contribution in [0.2, 0.25) is 0 Å². The van der Waals surface area contributed by atoms with Crippen molar-refractivity contribution in [2.45, 2.75) is 19.4 Å². The lowest BCUT2D eigenvalue weighted by Crippen LogP contribution is -2.44. The minimum Gasteiger partial charge on any atom is -0.396 e. The lowest BCUT2D eigenvalue weighted by Gasteiger charge is -2.26. The molecule has 0 aliphatic carbocycles. The summed E-state index contributed by atoms with van der Waals surface area (Å²) in [5.74, 6) is -0.348. The summed E-state index contributed by atoms with van der Waals surface area (Å²) in [4.78, 5) is 12.8. The third-order valence-electron chi connectivity index (χ3n) is 2.15. The third-order valence-corrected chi connectivity index (χ3v) is 2.15. The maximum Gasteiger partial charge on any atom is 0.234 e. The van der Waals surface area contributed by atoms with Crippen LogP contribution in [0.5, 0.6) is 0 Å². The second-order valence-corrected chi connectivity index (χ2v) is 3.18. The number of aliphatic hydroxyl groups excluding tert-OH is 1. The second-order valence-electron chi connectivity index (χ2n) is 3.18. The minimum atomic E-state index is -0.348. The summed E-state index contributed by atoms with van der Waals surface area (Å²) < 4.78 is 4.93. The molecular weight excluding hydrogens is 184 g/mol. The first-order chi connectivity index (χ1) is 6.63. The van der Waals surface area contributed by atoms with Gasteiger partial charge in [0.2, 0.25) is 5.91 Å². The number of rotatable bonds is 8. The van der Waals surface area contributed by atoms with Crippen LogP contribution < -0.4 is 5.73 Å². The topological polar surface area (TPSA) is 75.8 Å². The fraction of sp³-hybridized carbons (Fsp3) is 0.889. The Hall–Kier alpha value is -0.650. The molecule has 14 heavy (non-hydrogen) atoms. The maximum atomic E-state index is 10.9. The van der Waals surface area contributed by atoms with Crippen molar-refractivity contribution in [1.82, 2.24) is 4.90 Å². The Kier molecular flexibility index (Phi) is 7.37. The van der Waals surface area contributed by atoms with Gasteiger partial charge in [0, 0.05) is 26.8 Å². The average molecular weight is 204 g/mol. The zero-order valence-electron chi connectivity index (χ0n) is 8.90. The van der Waals surface area contributed by atoms with Crippen LogP contribution in [0.25, 0.3) is 0 Å². The molecule has 3 N–H and O–H groups in total. The molecule has 0 fully saturated rings. The van der Waals surface area contributed by atoms with Gasteiger partial charge in [-0.3, -0.25) is 9.69 Å². The molecule has 0 rings (SSSR count). The molecule has 0 spiro atoms. The van der Waals surface area contributed by atoms with Crippen molar-refractivity contribution in [2.24, 2.45) is 5.73 Å². The molecule has 1 atom stereocenters. The molecule has 5 nitrogen and oxygen atoms in total. The highest BCUT2D eigenvalue weighted by molar-refractivity contribution is 5.79. The molecule has 5 heteroatoms. The molecule has 1 amide bonds. The number of carbonyl (C=O) groups excluding carboxylic acids is 1. The maximum absolute atomic E-state index is 10.9. The normalized spacial score (nSPS) is 13.1.